The molecule has 6 unspecified atom stereocenters. The summed E-state index contributed by atoms with van der Waals surface area (Å²) in [4.78, 5) is 35.8. The van der Waals surface area contributed by atoms with E-state index in [0.29, 0.717) is 0 Å². The second kappa shape index (κ2) is 15.8. The fraction of sp³-hybridized carbons (Fsp3) is 0.885. The fourth-order valence-electron chi connectivity index (χ4n) is 5.71. The Morgan fingerprint density at radius 3 is 2.04 bits per heavy atom. The zero-order valence-electron chi connectivity index (χ0n) is 25.2. The van der Waals surface area contributed by atoms with E-state index in [1.54, 1.807) is 0 Å². The average molecular weight is 673 g/mol. The average Bonchev–Trinajstić information content (AvgIpc) is 2.99. The molecule has 0 radical (unpaired) electrons. The predicted molar refractivity (Wildman–Crippen MR) is 145 cm³/mol. The van der Waals surface area contributed by atoms with Gasteiger partial charge in [0.1, 0.15) is 61.0 Å². The summed E-state index contributed by atoms with van der Waals surface area (Å²) in [5, 5.41) is 108. The minimum absolute atomic E-state index is 0.517. The van der Waals surface area contributed by atoms with E-state index < -0.39 is 141 Å². The molecule has 3 saturated heterocycles. The Morgan fingerprint density at radius 1 is 0.891 bits per heavy atom. The number of carbonyl (C=O) groups excluding carboxylic acids is 2. The van der Waals surface area contributed by atoms with Crippen LogP contribution in [0, 0.1) is 0 Å². The number of hydrogen-bond donors (Lipinski definition) is 12. The number of aliphatic carboxylic acids is 1. The molecule has 3 rings (SSSR count). The highest BCUT2D eigenvalue weighted by molar-refractivity contribution is 5.76. The van der Waals surface area contributed by atoms with Crippen molar-refractivity contribution in [2.24, 2.45) is 0 Å². The van der Waals surface area contributed by atoms with Crippen LogP contribution >= 0.6 is 0 Å². The molecule has 0 aromatic heterocycles. The van der Waals surface area contributed by atoms with Crippen LogP contribution in [0.2, 0.25) is 0 Å². The van der Waals surface area contributed by atoms with Crippen molar-refractivity contribution in [3.8, 4) is 0 Å². The molecule has 20 nitrogen and oxygen atoms in total. The third-order valence-electron chi connectivity index (χ3n) is 8.14. The van der Waals surface area contributed by atoms with E-state index in [9.17, 15) is 65.4 Å². The Hall–Kier alpha value is -2.15. The molecule has 0 aromatic rings. The van der Waals surface area contributed by atoms with Crippen LogP contribution in [0.5, 0.6) is 0 Å². The highest BCUT2D eigenvalue weighted by atomic mass is 16.8. The minimum atomic E-state index is -2.81. The molecule has 0 saturated carbocycles. The van der Waals surface area contributed by atoms with Crippen LogP contribution in [-0.4, -0.2) is 186 Å². The first-order valence-corrected chi connectivity index (χ1v) is 14.5. The van der Waals surface area contributed by atoms with Crippen LogP contribution in [0.4, 0.5) is 0 Å². The molecular formula is C26H44N2O18. The van der Waals surface area contributed by atoms with Crippen LogP contribution in [0.3, 0.4) is 0 Å². The van der Waals surface area contributed by atoms with Crippen molar-refractivity contribution in [1.82, 2.24) is 10.6 Å². The number of amides is 2. The lowest BCUT2D eigenvalue weighted by molar-refractivity contribution is -0.353. The maximum atomic E-state index is 12.4. The largest absolute Gasteiger partial charge is 0.477 e. The Morgan fingerprint density at radius 2 is 1.50 bits per heavy atom. The van der Waals surface area contributed by atoms with Crippen molar-refractivity contribution < 1.29 is 89.1 Å². The number of carboxylic acid groups (broad SMARTS) is 1. The normalized spacial score (nSPS) is 42.9. The van der Waals surface area contributed by atoms with Crippen LogP contribution in [0.15, 0.2) is 0 Å². The number of carboxylic acids is 1. The van der Waals surface area contributed by atoms with Gasteiger partial charge in [-0.05, 0) is 6.92 Å². The molecule has 0 spiro atoms. The summed E-state index contributed by atoms with van der Waals surface area (Å²) in [5.74, 6) is -5.89. The summed E-state index contributed by atoms with van der Waals surface area (Å²) in [6.07, 6.45) is -22.8. The smallest absolute Gasteiger partial charge is 0.364 e. The number of carbonyl (C=O) groups is 3. The summed E-state index contributed by atoms with van der Waals surface area (Å²) in [6.45, 7) is 1.17. The van der Waals surface area contributed by atoms with Crippen LogP contribution < -0.4 is 10.6 Å². The lowest BCUT2D eigenvalue weighted by Crippen LogP contribution is -2.68. The molecule has 3 aliphatic heterocycles. The standard InChI is InChI=1S/C26H44N2O18/c1-8-15(27-9(2)31)19(37)22(13(6-30)43-8)45-24-21(39)20(38)18(36)14(44-24)7-42-26(25(40)41)4-11(33)16(28-10(3)32)23(46-26)17(35)12(34)5-29/h8,11-24,29-30,33-39H,4-7H2,1-3H3,(H,27,31)(H,28,32)(H,40,41)/t8?,11-,12-,13?,14?,15?,16-,17-,18+,19-,20+,21?,22-,23?,24+,26-/m1/s1. The van der Waals surface area contributed by atoms with E-state index in [1.807, 2.05) is 0 Å². The van der Waals surface area contributed by atoms with Gasteiger partial charge in [0.05, 0.1) is 44.1 Å². The number of aliphatic hydroxyl groups is 9. The maximum Gasteiger partial charge on any atom is 0.364 e. The molecule has 3 aliphatic rings. The number of aliphatic hydroxyl groups excluding tert-OH is 9. The van der Waals surface area contributed by atoms with Crippen LogP contribution in [0.1, 0.15) is 27.2 Å². The van der Waals surface area contributed by atoms with E-state index in [4.69, 9.17) is 23.7 Å². The first kappa shape index (κ1) is 38.3. The summed E-state index contributed by atoms with van der Waals surface area (Å²) < 4.78 is 27.9. The van der Waals surface area contributed by atoms with Crippen molar-refractivity contribution >= 4 is 17.8 Å². The molecule has 16 atom stereocenters. The molecule has 266 valence electrons. The monoisotopic (exact) mass is 672 g/mol. The van der Waals surface area contributed by atoms with Gasteiger partial charge in [-0.3, -0.25) is 9.59 Å². The van der Waals surface area contributed by atoms with E-state index in [1.165, 1.54) is 13.8 Å². The third kappa shape index (κ3) is 8.28. The molecule has 0 aromatic carbocycles. The predicted octanol–water partition coefficient (Wildman–Crippen LogP) is -7.01. The van der Waals surface area contributed by atoms with E-state index in [0.717, 1.165) is 6.92 Å². The zero-order chi connectivity index (χ0) is 34.7. The number of nitrogens with one attached hydrogen (secondary N) is 2. The van der Waals surface area contributed by atoms with Gasteiger partial charge in [-0.25, -0.2) is 4.79 Å². The third-order valence-corrected chi connectivity index (χ3v) is 8.14. The quantitative estimate of drug-likeness (QED) is 0.0916. The number of rotatable bonds is 12. The molecular weight excluding hydrogens is 628 g/mol. The zero-order valence-corrected chi connectivity index (χ0v) is 25.2. The van der Waals surface area contributed by atoms with Crippen molar-refractivity contribution in [3.63, 3.8) is 0 Å². The molecule has 0 bridgehead atoms. The van der Waals surface area contributed by atoms with Crippen molar-refractivity contribution in [2.75, 3.05) is 19.8 Å². The summed E-state index contributed by atoms with van der Waals surface area (Å²) >= 11 is 0. The maximum absolute atomic E-state index is 12.4. The highest BCUT2D eigenvalue weighted by Gasteiger charge is 2.57. The van der Waals surface area contributed by atoms with Gasteiger partial charge in [0.15, 0.2) is 6.29 Å². The SMILES string of the molecule is CC(=O)NC1C(C)OC(CO)[C@@H](O[C@@H]2OC(CO[C@]3(C(=O)O)C[C@@H](O)[C@@H](NC(C)=O)C([C@H](O)[C@H](O)CO)O3)[C@H](O)[C@H](O)C2O)[C@@H]1O. The molecule has 12 N–H and O–H groups in total. The van der Waals surface area contributed by atoms with Gasteiger partial charge in [-0.2, -0.15) is 0 Å². The van der Waals surface area contributed by atoms with Gasteiger partial charge in [0, 0.05) is 20.3 Å². The molecule has 46 heavy (non-hydrogen) atoms. The van der Waals surface area contributed by atoms with Gasteiger partial charge in [0.25, 0.3) is 5.79 Å². The molecule has 0 aliphatic carbocycles. The Balaban J connectivity index is 1.83. The van der Waals surface area contributed by atoms with Crippen molar-refractivity contribution in [2.45, 2.75) is 125 Å². The van der Waals surface area contributed by atoms with E-state index >= 15 is 0 Å². The molecule has 3 heterocycles. The fourth-order valence-corrected chi connectivity index (χ4v) is 5.71. The lowest BCUT2D eigenvalue weighted by Gasteiger charge is -2.48. The van der Waals surface area contributed by atoms with Crippen molar-refractivity contribution in [3.05, 3.63) is 0 Å². The topological polar surface area (TPSA) is 324 Å². The van der Waals surface area contributed by atoms with Gasteiger partial charge >= 0.3 is 5.97 Å². The highest BCUT2D eigenvalue weighted by Crippen LogP contribution is 2.35. The van der Waals surface area contributed by atoms with Gasteiger partial charge in [-0.1, -0.05) is 0 Å². The summed E-state index contributed by atoms with van der Waals surface area (Å²) in [5.41, 5.74) is 0. The first-order chi connectivity index (χ1) is 21.5. The molecule has 3 fully saturated rings. The summed E-state index contributed by atoms with van der Waals surface area (Å²) in [6, 6.07) is -2.50. The van der Waals surface area contributed by atoms with Crippen molar-refractivity contribution in [1.29, 1.82) is 0 Å². The van der Waals surface area contributed by atoms with Crippen LogP contribution in [0.25, 0.3) is 0 Å². The van der Waals surface area contributed by atoms with Gasteiger partial charge < -0.3 is 85.4 Å². The van der Waals surface area contributed by atoms with Gasteiger partial charge in [0.2, 0.25) is 11.8 Å². The Kier molecular flexibility index (Phi) is 13.2. The Labute approximate surface area is 262 Å². The summed E-state index contributed by atoms with van der Waals surface area (Å²) in [7, 11) is 0. The van der Waals surface area contributed by atoms with E-state index in [-0.39, 0.29) is 0 Å². The minimum Gasteiger partial charge on any atom is -0.477 e. The molecule has 2 amide bonds. The van der Waals surface area contributed by atoms with Gasteiger partial charge in [-0.15, -0.1) is 0 Å². The number of ether oxygens (including phenoxy) is 5. The second-order valence-electron chi connectivity index (χ2n) is 11.6. The number of hydrogen-bond acceptors (Lipinski definition) is 17. The lowest BCUT2D eigenvalue weighted by atomic mass is 9.88. The first-order valence-electron chi connectivity index (χ1n) is 14.5. The Bertz CT molecular complexity index is 1050. The second-order valence-corrected chi connectivity index (χ2v) is 11.6. The molecule has 20 heteroatoms. The van der Waals surface area contributed by atoms with E-state index in [2.05, 4.69) is 10.6 Å². The van der Waals surface area contributed by atoms with Crippen LogP contribution in [-0.2, 0) is 38.1 Å².